The maximum Gasteiger partial charge on any atom is 0.0542 e. The van der Waals surface area contributed by atoms with Crippen molar-refractivity contribution in [1.82, 2.24) is 0 Å². The van der Waals surface area contributed by atoms with Gasteiger partial charge in [-0.3, -0.25) is 10.5 Å². The Balaban J connectivity index is 1.89. The maximum absolute atomic E-state index is 11.4. The second kappa shape index (κ2) is 5.99. The number of rotatable bonds is 5. The van der Waals surface area contributed by atoms with Crippen molar-refractivity contribution in [2.75, 3.05) is 10.5 Å². The van der Waals surface area contributed by atoms with Crippen LogP contribution in [0.3, 0.4) is 0 Å². The molecule has 2 aromatic carbocycles. The first kappa shape index (κ1) is 12.3. The van der Waals surface area contributed by atoms with Gasteiger partial charge in [-0.05, 0) is 24.3 Å². The van der Waals surface area contributed by atoms with Crippen LogP contribution in [-0.2, 0) is 9.98 Å². The molecule has 6 nitrogen and oxygen atoms in total. The highest BCUT2D eigenvalue weighted by atomic mass is 17.4. The van der Waals surface area contributed by atoms with Crippen LogP contribution in [0, 0.1) is 10.4 Å². The lowest BCUT2D eigenvalue weighted by atomic mass is 10.3. The third kappa shape index (κ3) is 3.19. The van der Waals surface area contributed by atoms with E-state index in [1.54, 1.807) is 36.4 Å². The van der Waals surface area contributed by atoms with Crippen LogP contribution in [0.5, 0.6) is 0 Å². The van der Waals surface area contributed by atoms with Crippen molar-refractivity contribution in [2.45, 2.75) is 0 Å². The number of hydrogen-bond donors (Lipinski definition) is 0. The fraction of sp³-hybridized carbons (Fsp3) is 0. The Morgan fingerprint density at radius 1 is 0.611 bits per heavy atom. The van der Waals surface area contributed by atoms with Crippen LogP contribution in [0.15, 0.2) is 60.7 Å². The summed E-state index contributed by atoms with van der Waals surface area (Å²) < 4.78 is 0. The summed E-state index contributed by atoms with van der Waals surface area (Å²) in [6.45, 7) is 0. The Bertz CT molecular complexity index is 421. The number of nitrogens with zero attached hydrogens (tertiary/aromatic N) is 2. The van der Waals surface area contributed by atoms with Gasteiger partial charge in [0.25, 0.3) is 0 Å². The fourth-order valence-corrected chi connectivity index (χ4v) is 1.25. The molecule has 18 heavy (non-hydrogen) atoms. The monoisotopic (exact) mass is 246 g/mol. The van der Waals surface area contributed by atoms with Crippen LogP contribution in [0.1, 0.15) is 0 Å². The van der Waals surface area contributed by atoms with Crippen molar-refractivity contribution in [3.8, 4) is 0 Å². The SMILES string of the molecule is [O-]N(OON([O-])c1ccccc1)c1ccccc1. The Labute approximate surface area is 104 Å². The standard InChI is InChI=1S/C12H10N2O4/c15-13(11-7-3-1-4-8-11)17-18-14(16)12-9-5-2-6-10-12/h1-10H/q-2. The predicted octanol–water partition coefficient (Wildman–Crippen LogP) is 2.77. The van der Waals surface area contributed by atoms with Gasteiger partial charge in [-0.15, -0.1) is 0 Å². The molecule has 0 radical (unpaired) electrons. The molecule has 94 valence electrons. The highest BCUT2D eigenvalue weighted by Crippen LogP contribution is 2.15. The molecule has 0 saturated heterocycles. The summed E-state index contributed by atoms with van der Waals surface area (Å²) in [6, 6.07) is 16.2. The average molecular weight is 246 g/mol. The maximum atomic E-state index is 11.4. The molecule has 0 saturated carbocycles. The van der Waals surface area contributed by atoms with Gasteiger partial charge >= 0.3 is 0 Å². The molecule has 0 heterocycles. The normalized spacial score (nSPS) is 10.1. The summed E-state index contributed by atoms with van der Waals surface area (Å²) in [5.41, 5.74) is 0.443. The molecule has 6 heteroatoms. The van der Waals surface area contributed by atoms with E-state index in [4.69, 9.17) is 0 Å². The first-order valence-electron chi connectivity index (χ1n) is 5.17. The van der Waals surface area contributed by atoms with Gasteiger partial charge in [0.2, 0.25) is 0 Å². The van der Waals surface area contributed by atoms with Crippen molar-refractivity contribution < 1.29 is 9.98 Å². The van der Waals surface area contributed by atoms with Crippen molar-refractivity contribution in [3.05, 3.63) is 71.1 Å². The lowest BCUT2D eigenvalue weighted by molar-refractivity contribution is -0.300. The molecular formula is C12H10N2O4-2. The molecule has 0 aromatic heterocycles. The second-order valence-corrected chi connectivity index (χ2v) is 3.33. The Hall–Kier alpha value is -2.12. The minimum absolute atomic E-state index is 0.105. The van der Waals surface area contributed by atoms with Gasteiger partial charge in [-0.1, -0.05) is 46.4 Å². The summed E-state index contributed by atoms with van der Waals surface area (Å²) >= 11 is 0. The number of para-hydroxylation sites is 2. The van der Waals surface area contributed by atoms with Crippen molar-refractivity contribution >= 4 is 11.4 Å². The molecule has 0 atom stereocenters. The predicted molar refractivity (Wildman–Crippen MR) is 66.7 cm³/mol. The third-order valence-electron chi connectivity index (χ3n) is 2.10. The smallest absolute Gasteiger partial charge is 0.0542 e. The summed E-state index contributed by atoms with van der Waals surface area (Å²) in [6.07, 6.45) is 0. The molecule has 0 bridgehead atoms. The topological polar surface area (TPSA) is 71.1 Å². The lowest BCUT2D eigenvalue weighted by Crippen LogP contribution is -2.23. The first-order valence-corrected chi connectivity index (χ1v) is 5.17. The molecule has 2 aromatic rings. The Morgan fingerprint density at radius 2 is 0.944 bits per heavy atom. The van der Waals surface area contributed by atoms with Crippen LogP contribution in [0.25, 0.3) is 0 Å². The molecule has 0 N–H and O–H groups in total. The minimum atomic E-state index is 0.105. The molecule has 0 spiro atoms. The fourth-order valence-electron chi connectivity index (χ4n) is 1.25. The van der Waals surface area contributed by atoms with E-state index in [1.165, 1.54) is 24.3 Å². The lowest BCUT2D eigenvalue weighted by Gasteiger charge is -2.32. The average Bonchev–Trinajstić information content (AvgIpc) is 2.46. The van der Waals surface area contributed by atoms with Gasteiger partial charge in [0.05, 0.1) is 11.4 Å². The zero-order chi connectivity index (χ0) is 12.8. The summed E-state index contributed by atoms with van der Waals surface area (Å²) in [4.78, 5) is 8.67. The van der Waals surface area contributed by atoms with Gasteiger partial charge in [-0.25, -0.2) is 0 Å². The van der Waals surface area contributed by atoms with Crippen LogP contribution in [0.2, 0.25) is 0 Å². The molecule has 0 aliphatic carbocycles. The summed E-state index contributed by atoms with van der Waals surface area (Å²) in [5, 5.41) is 23.0. The van der Waals surface area contributed by atoms with E-state index in [2.05, 4.69) is 9.98 Å². The van der Waals surface area contributed by atoms with Gasteiger partial charge in [0, 0.05) is 0 Å². The Kier molecular flexibility index (Phi) is 4.11. The molecule has 2 rings (SSSR count). The largest absolute Gasteiger partial charge is 0.731 e. The molecule has 0 aliphatic rings. The van der Waals surface area contributed by atoms with E-state index < -0.39 is 0 Å². The second-order valence-electron chi connectivity index (χ2n) is 3.33. The molecular weight excluding hydrogens is 236 g/mol. The zero-order valence-electron chi connectivity index (χ0n) is 9.30. The highest BCUT2D eigenvalue weighted by Gasteiger charge is 1.98. The van der Waals surface area contributed by atoms with E-state index in [1.807, 2.05) is 0 Å². The van der Waals surface area contributed by atoms with Crippen molar-refractivity contribution in [1.29, 1.82) is 0 Å². The summed E-state index contributed by atoms with van der Waals surface area (Å²) in [7, 11) is 0. The van der Waals surface area contributed by atoms with Gasteiger partial charge < -0.3 is 10.4 Å². The van der Waals surface area contributed by atoms with Crippen molar-refractivity contribution in [3.63, 3.8) is 0 Å². The van der Waals surface area contributed by atoms with E-state index in [0.717, 1.165) is 0 Å². The number of benzene rings is 2. The highest BCUT2D eigenvalue weighted by molar-refractivity contribution is 5.44. The van der Waals surface area contributed by atoms with Crippen molar-refractivity contribution in [2.24, 2.45) is 0 Å². The van der Waals surface area contributed by atoms with Crippen LogP contribution >= 0.6 is 0 Å². The van der Waals surface area contributed by atoms with Gasteiger partial charge in [0.1, 0.15) is 0 Å². The molecule has 0 aliphatic heterocycles. The van der Waals surface area contributed by atoms with Crippen LogP contribution in [-0.4, -0.2) is 0 Å². The van der Waals surface area contributed by atoms with Gasteiger partial charge in [-0.2, -0.15) is 0 Å². The quantitative estimate of drug-likeness (QED) is 0.596. The Morgan fingerprint density at radius 3 is 1.28 bits per heavy atom. The van der Waals surface area contributed by atoms with E-state index in [-0.39, 0.29) is 21.8 Å². The molecule has 0 fully saturated rings. The van der Waals surface area contributed by atoms with Gasteiger partial charge in [0.15, 0.2) is 0 Å². The summed E-state index contributed by atoms with van der Waals surface area (Å²) in [5.74, 6) is 0. The number of hydrogen-bond acceptors (Lipinski definition) is 6. The van der Waals surface area contributed by atoms with Crippen LogP contribution < -0.4 is 10.5 Å². The van der Waals surface area contributed by atoms with E-state index in [9.17, 15) is 10.4 Å². The number of anilines is 2. The molecule has 0 unspecified atom stereocenters. The van der Waals surface area contributed by atoms with Crippen LogP contribution in [0.4, 0.5) is 11.4 Å². The third-order valence-corrected chi connectivity index (χ3v) is 2.10. The van der Waals surface area contributed by atoms with E-state index >= 15 is 0 Å². The first-order chi connectivity index (χ1) is 8.77. The zero-order valence-corrected chi connectivity index (χ0v) is 9.30. The molecule has 0 amide bonds. The van der Waals surface area contributed by atoms with E-state index in [0.29, 0.717) is 0 Å². The minimum Gasteiger partial charge on any atom is -0.731 e.